The minimum absolute atomic E-state index is 0.222. The van der Waals surface area contributed by atoms with Crippen LogP contribution in [-0.4, -0.2) is 10.7 Å². The first-order chi connectivity index (χ1) is 11.7. The second-order valence-electron chi connectivity index (χ2n) is 7.50. The van der Waals surface area contributed by atoms with E-state index >= 15 is 0 Å². The fourth-order valence-electron chi connectivity index (χ4n) is 5.04. The first-order valence-corrected chi connectivity index (χ1v) is 9.67. The molecule has 1 N–H and O–H groups in total. The van der Waals surface area contributed by atoms with Gasteiger partial charge in [-0.15, -0.1) is 11.3 Å². The Labute approximate surface area is 145 Å². The molecule has 0 atom stereocenters. The van der Waals surface area contributed by atoms with Crippen LogP contribution in [0.15, 0.2) is 34.7 Å². The van der Waals surface area contributed by atoms with E-state index in [0.29, 0.717) is 11.8 Å². The van der Waals surface area contributed by atoms with Gasteiger partial charge in [0, 0.05) is 16.7 Å². The van der Waals surface area contributed by atoms with Gasteiger partial charge in [0.2, 0.25) is 5.13 Å². The number of benzene rings is 1. The van der Waals surface area contributed by atoms with Gasteiger partial charge >= 0.3 is 0 Å². The van der Waals surface area contributed by atoms with Gasteiger partial charge < -0.3 is 0 Å². The van der Waals surface area contributed by atoms with Crippen molar-refractivity contribution in [2.45, 2.75) is 32.1 Å². The second kappa shape index (κ2) is 5.66. The molecule has 4 bridgehead atoms. The van der Waals surface area contributed by atoms with Crippen LogP contribution in [0.4, 0.5) is 9.52 Å². The van der Waals surface area contributed by atoms with E-state index in [2.05, 4.69) is 10.4 Å². The van der Waals surface area contributed by atoms with Gasteiger partial charge in [-0.2, -0.15) is 5.10 Å². The normalized spacial score (nSPS) is 30.6. The van der Waals surface area contributed by atoms with Gasteiger partial charge in [0.1, 0.15) is 5.82 Å². The van der Waals surface area contributed by atoms with E-state index in [0.717, 1.165) is 28.2 Å². The highest BCUT2D eigenvalue weighted by Crippen LogP contribution is 2.52. The van der Waals surface area contributed by atoms with Crippen LogP contribution in [0.25, 0.3) is 11.3 Å². The molecule has 0 saturated heterocycles. The zero-order chi connectivity index (χ0) is 16.1. The lowest BCUT2D eigenvalue weighted by molar-refractivity contribution is 0.108. The molecule has 1 aromatic heterocycles. The molecule has 1 aromatic carbocycles. The Balaban J connectivity index is 1.33. The van der Waals surface area contributed by atoms with Crippen molar-refractivity contribution in [1.29, 1.82) is 0 Å². The minimum atomic E-state index is -0.222. The summed E-state index contributed by atoms with van der Waals surface area (Å²) < 4.78 is 13.0. The Morgan fingerprint density at radius 2 is 1.67 bits per heavy atom. The van der Waals surface area contributed by atoms with Gasteiger partial charge in [0.05, 0.1) is 5.69 Å². The van der Waals surface area contributed by atoms with Crippen molar-refractivity contribution in [3.63, 3.8) is 0 Å². The van der Waals surface area contributed by atoms with Crippen LogP contribution < -0.4 is 5.43 Å². The Morgan fingerprint density at radius 1 is 1.00 bits per heavy atom. The lowest BCUT2D eigenvalue weighted by Crippen LogP contribution is -2.45. The summed E-state index contributed by atoms with van der Waals surface area (Å²) in [6.45, 7) is 0. The lowest BCUT2D eigenvalue weighted by Gasteiger charge is -2.50. The van der Waals surface area contributed by atoms with Crippen LogP contribution in [0.1, 0.15) is 32.1 Å². The van der Waals surface area contributed by atoms with E-state index in [9.17, 15) is 4.39 Å². The van der Waals surface area contributed by atoms with Crippen molar-refractivity contribution in [2.24, 2.45) is 28.8 Å². The fraction of sp³-hybridized carbons (Fsp3) is 0.474. The zero-order valence-corrected chi connectivity index (χ0v) is 14.2. The predicted octanol–water partition coefficient (Wildman–Crippen LogP) is 5.17. The first-order valence-electron chi connectivity index (χ1n) is 8.79. The molecule has 2 aromatic rings. The van der Waals surface area contributed by atoms with E-state index in [1.165, 1.54) is 49.9 Å². The van der Waals surface area contributed by atoms with Crippen molar-refractivity contribution < 1.29 is 4.39 Å². The van der Waals surface area contributed by atoms with Crippen molar-refractivity contribution in [3.05, 3.63) is 35.5 Å². The molecule has 0 unspecified atom stereocenters. The molecule has 6 rings (SSSR count). The molecule has 24 heavy (non-hydrogen) atoms. The number of hydrogen-bond donors (Lipinski definition) is 1. The summed E-state index contributed by atoms with van der Waals surface area (Å²) in [5.74, 6) is 3.09. The molecule has 4 aliphatic rings. The highest BCUT2D eigenvalue weighted by atomic mass is 32.1. The van der Waals surface area contributed by atoms with Gasteiger partial charge in [-0.25, -0.2) is 9.37 Å². The summed E-state index contributed by atoms with van der Waals surface area (Å²) in [5.41, 5.74) is 6.39. The smallest absolute Gasteiger partial charge is 0.203 e. The summed E-state index contributed by atoms with van der Waals surface area (Å²) in [4.78, 5) is 4.59. The number of nitrogens with one attached hydrogen (secondary N) is 1. The third-order valence-electron chi connectivity index (χ3n) is 5.90. The average molecular weight is 341 g/mol. The van der Waals surface area contributed by atoms with Gasteiger partial charge in [-0.1, -0.05) is 0 Å². The minimum Gasteiger partial charge on any atom is -0.253 e. The molecule has 0 spiro atoms. The Hall–Kier alpha value is -1.75. The second-order valence-corrected chi connectivity index (χ2v) is 8.36. The van der Waals surface area contributed by atoms with Crippen LogP contribution in [0.2, 0.25) is 0 Å². The number of halogens is 1. The molecule has 1 heterocycles. The monoisotopic (exact) mass is 341 g/mol. The topological polar surface area (TPSA) is 37.3 Å². The first kappa shape index (κ1) is 14.6. The maximum atomic E-state index is 13.0. The predicted molar refractivity (Wildman–Crippen MR) is 95.6 cm³/mol. The molecule has 3 nitrogen and oxygen atoms in total. The van der Waals surface area contributed by atoms with E-state index in [4.69, 9.17) is 5.10 Å². The lowest BCUT2D eigenvalue weighted by atomic mass is 9.55. The third-order valence-corrected chi connectivity index (χ3v) is 6.65. The average Bonchev–Trinajstić information content (AvgIpc) is 3.03. The van der Waals surface area contributed by atoms with Crippen molar-refractivity contribution in [3.8, 4) is 11.3 Å². The van der Waals surface area contributed by atoms with Gasteiger partial charge in [-0.05, 0) is 80.0 Å². The number of hydrazone groups is 1. The van der Waals surface area contributed by atoms with Crippen LogP contribution >= 0.6 is 11.3 Å². The maximum absolute atomic E-state index is 13.0. The van der Waals surface area contributed by atoms with E-state index in [-0.39, 0.29) is 5.82 Å². The van der Waals surface area contributed by atoms with Crippen LogP contribution in [-0.2, 0) is 0 Å². The molecule has 4 aliphatic carbocycles. The van der Waals surface area contributed by atoms with E-state index < -0.39 is 0 Å². The third kappa shape index (κ3) is 2.55. The van der Waals surface area contributed by atoms with Crippen LogP contribution in [0, 0.1) is 29.5 Å². The summed E-state index contributed by atoms with van der Waals surface area (Å²) >= 11 is 1.55. The standard InChI is InChI=1S/C19H20FN3S/c20-16-3-1-13(2-4-16)17-10-24-19(21-17)23-22-18-14-6-11-5-12(8-14)9-15(18)7-11/h1-4,10-12,14-15H,5-9H2,(H,21,23). The molecule has 5 heteroatoms. The fourth-order valence-corrected chi connectivity index (χ4v) is 5.70. The van der Waals surface area contributed by atoms with Gasteiger partial charge in [0.25, 0.3) is 0 Å². The largest absolute Gasteiger partial charge is 0.253 e. The van der Waals surface area contributed by atoms with E-state index in [1.54, 1.807) is 23.5 Å². The summed E-state index contributed by atoms with van der Waals surface area (Å²) in [6, 6.07) is 6.46. The SMILES string of the molecule is Fc1ccc(-c2csc(NN=C3C4CC5CC(C4)CC3C5)n2)cc1. The van der Waals surface area contributed by atoms with Crippen LogP contribution in [0.3, 0.4) is 0 Å². The van der Waals surface area contributed by atoms with Crippen molar-refractivity contribution >= 4 is 22.2 Å². The molecule has 4 fully saturated rings. The van der Waals surface area contributed by atoms with Crippen LogP contribution in [0.5, 0.6) is 0 Å². The Bertz CT molecular complexity index is 750. The number of aromatic nitrogens is 1. The number of thiazole rings is 1. The summed E-state index contributed by atoms with van der Waals surface area (Å²) in [7, 11) is 0. The summed E-state index contributed by atoms with van der Waals surface area (Å²) in [5, 5.41) is 7.58. The molecular weight excluding hydrogens is 321 g/mol. The number of nitrogens with zero attached hydrogens (tertiary/aromatic N) is 2. The maximum Gasteiger partial charge on any atom is 0.203 e. The van der Waals surface area contributed by atoms with Crippen molar-refractivity contribution in [2.75, 3.05) is 5.43 Å². The van der Waals surface area contributed by atoms with Crippen molar-refractivity contribution in [1.82, 2.24) is 4.98 Å². The Kier molecular flexibility index (Phi) is 3.44. The molecule has 124 valence electrons. The molecule has 0 aliphatic heterocycles. The highest BCUT2D eigenvalue weighted by Gasteiger charge is 2.46. The molecule has 0 amide bonds. The number of hydrogen-bond acceptors (Lipinski definition) is 4. The Morgan fingerprint density at radius 3 is 2.33 bits per heavy atom. The highest BCUT2D eigenvalue weighted by molar-refractivity contribution is 7.14. The van der Waals surface area contributed by atoms with Gasteiger partial charge in [-0.3, -0.25) is 5.43 Å². The van der Waals surface area contributed by atoms with Gasteiger partial charge in [0.15, 0.2) is 0 Å². The van der Waals surface area contributed by atoms with E-state index in [1.807, 2.05) is 5.38 Å². The zero-order valence-electron chi connectivity index (χ0n) is 13.4. The molecule has 0 radical (unpaired) electrons. The molecular formula is C19H20FN3S. The number of anilines is 1. The number of rotatable bonds is 3. The summed E-state index contributed by atoms with van der Waals surface area (Å²) in [6.07, 6.45) is 6.82. The molecule has 4 saturated carbocycles. The quantitative estimate of drug-likeness (QED) is 0.782.